The minimum atomic E-state index is -4.92. The van der Waals surface area contributed by atoms with Crippen LogP contribution in [-0.2, 0) is 9.53 Å². The molecule has 3 rings (SSSR count). The van der Waals surface area contributed by atoms with Crippen LogP contribution in [-0.4, -0.2) is 23.9 Å². The van der Waals surface area contributed by atoms with Crippen molar-refractivity contribution >= 4 is 11.9 Å². The maximum Gasteiger partial charge on any atom is 0.422 e. The van der Waals surface area contributed by atoms with Gasteiger partial charge in [-0.2, -0.15) is 13.2 Å². The lowest BCUT2D eigenvalue weighted by Gasteiger charge is -2.40. The average molecular weight is 356 g/mol. The zero-order chi connectivity index (χ0) is 18.2. The second-order valence-corrected chi connectivity index (χ2v) is 5.96. The molecule has 1 aliphatic carbocycles. The summed E-state index contributed by atoms with van der Waals surface area (Å²) < 4.78 is 53.5. The average Bonchev–Trinajstić information content (AvgIpc) is 2.53. The molecule has 0 aromatic heterocycles. The molecular weight excluding hydrogens is 341 g/mol. The molecule has 0 atom stereocenters. The topological polar surface area (TPSA) is 61.8 Å². The second kappa shape index (κ2) is 6.09. The number of benzene rings is 1. The Bertz CT molecular complexity index is 732. The zero-order valence-electron chi connectivity index (χ0n) is 13.1. The fraction of sp³-hybridized carbons (Fsp3) is 0.412. The number of carbonyl (C=O) groups is 2. The van der Waals surface area contributed by atoms with Gasteiger partial charge in [-0.25, -0.2) is 9.59 Å². The molecule has 0 amide bonds. The molecule has 2 aliphatic rings. The summed E-state index contributed by atoms with van der Waals surface area (Å²) in [5.41, 5.74) is -1.87. The number of esters is 2. The zero-order valence-corrected chi connectivity index (χ0v) is 13.1. The summed E-state index contributed by atoms with van der Waals surface area (Å²) in [6, 6.07) is 4.11. The fourth-order valence-electron chi connectivity index (χ4n) is 2.90. The highest BCUT2D eigenvalue weighted by Crippen LogP contribution is 2.43. The molecule has 1 heterocycles. The van der Waals surface area contributed by atoms with Crippen molar-refractivity contribution in [2.45, 2.75) is 44.1 Å². The Labute approximate surface area is 141 Å². The van der Waals surface area contributed by atoms with Gasteiger partial charge >= 0.3 is 18.1 Å². The Morgan fingerprint density at radius 3 is 2.48 bits per heavy atom. The quantitative estimate of drug-likeness (QED) is 0.457. The molecule has 0 saturated heterocycles. The number of alkyl halides is 3. The number of ether oxygens (including phenoxy) is 3. The van der Waals surface area contributed by atoms with Gasteiger partial charge in [0.25, 0.3) is 5.79 Å². The van der Waals surface area contributed by atoms with Crippen LogP contribution in [0.1, 0.15) is 42.5 Å². The van der Waals surface area contributed by atoms with Gasteiger partial charge in [-0.3, -0.25) is 0 Å². The van der Waals surface area contributed by atoms with Gasteiger partial charge in [0.15, 0.2) is 0 Å². The predicted octanol–water partition coefficient (Wildman–Crippen LogP) is 3.92. The van der Waals surface area contributed by atoms with Crippen LogP contribution in [0.5, 0.6) is 11.5 Å². The molecule has 1 saturated carbocycles. The van der Waals surface area contributed by atoms with E-state index in [2.05, 4.69) is 6.58 Å². The highest BCUT2D eigenvalue weighted by molar-refractivity contribution is 5.99. The van der Waals surface area contributed by atoms with Gasteiger partial charge in [0.05, 0.1) is 0 Å². The van der Waals surface area contributed by atoms with Crippen molar-refractivity contribution in [1.82, 2.24) is 0 Å². The third kappa shape index (κ3) is 3.33. The Balaban J connectivity index is 1.88. The van der Waals surface area contributed by atoms with Gasteiger partial charge in [-0.05, 0) is 25.0 Å². The molecule has 25 heavy (non-hydrogen) atoms. The fourth-order valence-corrected chi connectivity index (χ4v) is 2.90. The summed E-state index contributed by atoms with van der Waals surface area (Å²) in [7, 11) is 0. The van der Waals surface area contributed by atoms with Crippen molar-refractivity contribution in [2.24, 2.45) is 0 Å². The maximum absolute atomic E-state index is 12.5. The summed E-state index contributed by atoms with van der Waals surface area (Å²) in [5.74, 6) is -3.76. The number of rotatable bonds is 2. The van der Waals surface area contributed by atoms with Gasteiger partial charge in [-0.1, -0.05) is 19.1 Å². The molecule has 0 unspecified atom stereocenters. The smallest absolute Gasteiger partial charge is 0.422 e. The Kier molecular flexibility index (Phi) is 4.22. The molecule has 0 bridgehead atoms. The van der Waals surface area contributed by atoms with Crippen LogP contribution in [0.4, 0.5) is 13.2 Å². The standard InChI is InChI=1S/C17H15F3O5/c1-10(17(18,19)20)14(21)23-11-6-5-7-12-13(11)15(22)25-16(24-12)8-3-2-4-9-16/h5-7H,1-4,8-9H2. The third-order valence-corrected chi connectivity index (χ3v) is 4.17. The van der Waals surface area contributed by atoms with Crippen LogP contribution >= 0.6 is 0 Å². The van der Waals surface area contributed by atoms with Crippen molar-refractivity contribution in [1.29, 1.82) is 0 Å². The van der Waals surface area contributed by atoms with Gasteiger partial charge in [-0.15, -0.1) is 0 Å². The molecule has 0 radical (unpaired) electrons. The summed E-state index contributed by atoms with van der Waals surface area (Å²) in [6.45, 7) is 2.67. The van der Waals surface area contributed by atoms with Gasteiger partial charge in [0, 0.05) is 12.8 Å². The van der Waals surface area contributed by atoms with E-state index in [-0.39, 0.29) is 17.1 Å². The molecule has 1 aliphatic heterocycles. The van der Waals surface area contributed by atoms with Crippen molar-refractivity contribution < 1.29 is 37.0 Å². The van der Waals surface area contributed by atoms with Crippen molar-refractivity contribution in [3.8, 4) is 11.5 Å². The molecule has 8 heteroatoms. The van der Waals surface area contributed by atoms with E-state index >= 15 is 0 Å². The molecule has 0 N–H and O–H groups in total. The Morgan fingerprint density at radius 2 is 1.84 bits per heavy atom. The number of hydrogen-bond acceptors (Lipinski definition) is 5. The minimum absolute atomic E-state index is 0.126. The normalized spacial score (nSPS) is 18.8. The first-order valence-electron chi connectivity index (χ1n) is 7.75. The first-order chi connectivity index (χ1) is 11.7. The molecule has 1 aromatic rings. The lowest BCUT2D eigenvalue weighted by Crippen LogP contribution is -2.46. The van der Waals surface area contributed by atoms with Crippen molar-refractivity contribution in [3.63, 3.8) is 0 Å². The first kappa shape index (κ1) is 17.3. The number of halogens is 3. The lowest BCUT2D eigenvalue weighted by molar-refractivity contribution is -0.172. The second-order valence-electron chi connectivity index (χ2n) is 5.96. The Hall–Kier alpha value is -2.51. The molecule has 134 valence electrons. The van der Waals surface area contributed by atoms with Crippen molar-refractivity contribution in [2.75, 3.05) is 0 Å². The van der Waals surface area contributed by atoms with Crippen LogP contribution in [0.3, 0.4) is 0 Å². The largest absolute Gasteiger partial charge is 0.451 e. The van der Waals surface area contributed by atoms with Gasteiger partial charge in [0.1, 0.15) is 22.6 Å². The van der Waals surface area contributed by atoms with E-state index < -0.39 is 29.5 Å². The van der Waals surface area contributed by atoms with Crippen LogP contribution in [0.15, 0.2) is 30.4 Å². The van der Waals surface area contributed by atoms with E-state index in [0.717, 1.165) is 19.3 Å². The predicted molar refractivity (Wildman–Crippen MR) is 79.1 cm³/mol. The first-order valence-corrected chi connectivity index (χ1v) is 7.75. The van der Waals surface area contributed by atoms with E-state index in [0.29, 0.717) is 12.8 Å². The highest BCUT2D eigenvalue weighted by Gasteiger charge is 2.45. The SMILES string of the molecule is C=C(C(=O)Oc1cccc2c1C(=O)OC1(CCCCC1)O2)C(F)(F)F. The molecule has 5 nitrogen and oxygen atoms in total. The molecule has 1 aromatic carbocycles. The minimum Gasteiger partial charge on any atom is -0.451 e. The van der Waals surface area contributed by atoms with Crippen LogP contribution < -0.4 is 9.47 Å². The Morgan fingerprint density at radius 1 is 1.16 bits per heavy atom. The molecule has 1 spiro atoms. The highest BCUT2D eigenvalue weighted by atomic mass is 19.4. The number of hydrogen-bond donors (Lipinski definition) is 0. The monoisotopic (exact) mass is 356 g/mol. The number of fused-ring (bicyclic) bond motifs is 1. The van der Waals surface area contributed by atoms with Gasteiger partial charge < -0.3 is 14.2 Å². The van der Waals surface area contributed by atoms with Crippen LogP contribution in [0, 0.1) is 0 Å². The summed E-state index contributed by atoms with van der Waals surface area (Å²) >= 11 is 0. The van der Waals surface area contributed by atoms with E-state index in [1.807, 2.05) is 0 Å². The van der Waals surface area contributed by atoms with Crippen molar-refractivity contribution in [3.05, 3.63) is 35.9 Å². The summed E-state index contributed by atoms with van der Waals surface area (Å²) in [4.78, 5) is 24.0. The van der Waals surface area contributed by atoms with Gasteiger partial charge in [0.2, 0.25) is 0 Å². The van der Waals surface area contributed by atoms with E-state index in [1.54, 1.807) is 0 Å². The third-order valence-electron chi connectivity index (χ3n) is 4.17. The summed E-state index contributed by atoms with van der Waals surface area (Å²) in [6.07, 6.45) is -1.17. The lowest BCUT2D eigenvalue weighted by atomic mass is 9.93. The molecule has 1 fully saturated rings. The summed E-state index contributed by atoms with van der Waals surface area (Å²) in [5, 5.41) is 0. The van der Waals surface area contributed by atoms with E-state index in [4.69, 9.17) is 14.2 Å². The van der Waals surface area contributed by atoms with Crippen LogP contribution in [0.25, 0.3) is 0 Å². The van der Waals surface area contributed by atoms with Crippen LogP contribution in [0.2, 0.25) is 0 Å². The molecular formula is C17H15F3O5. The van der Waals surface area contributed by atoms with E-state index in [1.165, 1.54) is 18.2 Å². The van der Waals surface area contributed by atoms with E-state index in [9.17, 15) is 22.8 Å². The maximum atomic E-state index is 12.5. The number of carbonyl (C=O) groups excluding carboxylic acids is 2.